The van der Waals surface area contributed by atoms with Gasteiger partial charge >= 0.3 is 0 Å². The van der Waals surface area contributed by atoms with E-state index in [0.29, 0.717) is 6.04 Å². The molecule has 1 aliphatic rings. The van der Waals surface area contributed by atoms with Crippen LogP contribution in [0.15, 0.2) is 0 Å². The van der Waals surface area contributed by atoms with Crippen LogP contribution in [0.4, 0.5) is 0 Å². The van der Waals surface area contributed by atoms with Gasteiger partial charge in [-0.1, -0.05) is 71.6 Å². The Morgan fingerprint density at radius 1 is 0.947 bits per heavy atom. The Morgan fingerprint density at radius 2 is 1.53 bits per heavy atom. The summed E-state index contributed by atoms with van der Waals surface area (Å²) >= 11 is 0. The quantitative estimate of drug-likeness (QED) is 0.340. The first-order chi connectivity index (χ1) is 9.27. The second kappa shape index (κ2) is 10.7. The van der Waals surface area contributed by atoms with Gasteiger partial charge in [-0.3, -0.25) is 11.3 Å². The second-order valence-electron chi connectivity index (χ2n) is 6.70. The molecular weight excluding hydrogens is 232 g/mol. The Morgan fingerprint density at radius 3 is 2.11 bits per heavy atom. The highest BCUT2D eigenvalue weighted by atomic mass is 15.2. The molecule has 1 atom stereocenters. The van der Waals surface area contributed by atoms with Crippen LogP contribution in [-0.4, -0.2) is 6.04 Å². The molecule has 2 nitrogen and oxygen atoms in total. The van der Waals surface area contributed by atoms with Crippen LogP contribution >= 0.6 is 0 Å². The monoisotopic (exact) mass is 268 g/mol. The number of hydrogen-bond acceptors (Lipinski definition) is 2. The van der Waals surface area contributed by atoms with Crippen molar-refractivity contribution < 1.29 is 0 Å². The van der Waals surface area contributed by atoms with Gasteiger partial charge in [-0.2, -0.15) is 0 Å². The van der Waals surface area contributed by atoms with E-state index >= 15 is 0 Å². The molecular formula is C17H36N2. The van der Waals surface area contributed by atoms with Crippen LogP contribution in [0.25, 0.3) is 0 Å². The summed E-state index contributed by atoms with van der Waals surface area (Å²) in [5.74, 6) is 7.54. The maximum absolute atomic E-state index is 5.77. The fourth-order valence-corrected chi connectivity index (χ4v) is 3.46. The van der Waals surface area contributed by atoms with Gasteiger partial charge in [0.15, 0.2) is 0 Å². The maximum Gasteiger partial charge on any atom is 0.0238 e. The van der Waals surface area contributed by atoms with Crippen LogP contribution in [0.3, 0.4) is 0 Å². The standard InChI is InChI=1S/C17H36N2/c1-3-4-5-6-7-8-9-10-17(19-18)16-13-11-15(2)12-14-16/h15-17,19H,3-14,18H2,1-2H3. The van der Waals surface area contributed by atoms with E-state index in [0.717, 1.165) is 11.8 Å². The Kier molecular flexibility index (Phi) is 9.54. The molecule has 1 saturated carbocycles. The first kappa shape index (κ1) is 17.0. The van der Waals surface area contributed by atoms with Gasteiger partial charge in [-0.25, -0.2) is 0 Å². The van der Waals surface area contributed by atoms with Gasteiger partial charge in [0.25, 0.3) is 0 Å². The first-order valence-electron chi connectivity index (χ1n) is 8.74. The van der Waals surface area contributed by atoms with Crippen molar-refractivity contribution in [3.8, 4) is 0 Å². The number of nitrogens with one attached hydrogen (secondary N) is 1. The SMILES string of the molecule is CCCCCCCCCC(NN)C1CCC(C)CC1. The lowest BCUT2D eigenvalue weighted by atomic mass is 9.78. The Balaban J connectivity index is 2.05. The van der Waals surface area contributed by atoms with Gasteiger partial charge in [-0.15, -0.1) is 0 Å². The summed E-state index contributed by atoms with van der Waals surface area (Å²) in [5, 5.41) is 0. The topological polar surface area (TPSA) is 38.0 Å². The molecule has 0 radical (unpaired) electrons. The molecule has 1 fully saturated rings. The molecule has 1 aliphatic carbocycles. The minimum absolute atomic E-state index is 0.572. The van der Waals surface area contributed by atoms with Crippen LogP contribution in [0.5, 0.6) is 0 Å². The van der Waals surface area contributed by atoms with Crippen molar-refractivity contribution >= 4 is 0 Å². The van der Waals surface area contributed by atoms with Crippen molar-refractivity contribution in [1.29, 1.82) is 0 Å². The minimum atomic E-state index is 0.572. The molecule has 1 unspecified atom stereocenters. The van der Waals surface area contributed by atoms with Crippen molar-refractivity contribution in [2.24, 2.45) is 17.7 Å². The summed E-state index contributed by atoms with van der Waals surface area (Å²) in [6.45, 7) is 4.67. The number of hydrazine groups is 1. The highest BCUT2D eigenvalue weighted by Crippen LogP contribution is 2.31. The molecule has 0 heterocycles. The highest BCUT2D eigenvalue weighted by Gasteiger charge is 2.24. The molecule has 0 amide bonds. The van der Waals surface area contributed by atoms with Crippen molar-refractivity contribution in [2.45, 2.75) is 96.9 Å². The van der Waals surface area contributed by atoms with E-state index in [4.69, 9.17) is 5.84 Å². The Hall–Kier alpha value is -0.0800. The van der Waals surface area contributed by atoms with Gasteiger partial charge in [0.05, 0.1) is 0 Å². The molecule has 3 N–H and O–H groups in total. The Labute approximate surface area is 120 Å². The molecule has 2 heteroatoms. The number of nitrogens with two attached hydrogens (primary N) is 1. The van der Waals surface area contributed by atoms with E-state index in [2.05, 4.69) is 19.3 Å². The molecule has 0 spiro atoms. The van der Waals surface area contributed by atoms with Crippen molar-refractivity contribution in [3.63, 3.8) is 0 Å². The fourth-order valence-electron chi connectivity index (χ4n) is 3.46. The lowest BCUT2D eigenvalue weighted by Crippen LogP contribution is -2.42. The third-order valence-corrected chi connectivity index (χ3v) is 4.96. The zero-order chi connectivity index (χ0) is 13.9. The molecule has 0 aromatic carbocycles. The Bertz CT molecular complexity index is 197. The van der Waals surface area contributed by atoms with Crippen LogP contribution < -0.4 is 11.3 Å². The summed E-state index contributed by atoms with van der Waals surface area (Å²) < 4.78 is 0. The van der Waals surface area contributed by atoms with Crippen molar-refractivity contribution in [1.82, 2.24) is 5.43 Å². The summed E-state index contributed by atoms with van der Waals surface area (Å²) in [6, 6.07) is 0.572. The highest BCUT2D eigenvalue weighted by molar-refractivity contribution is 4.79. The average molecular weight is 268 g/mol. The number of unbranched alkanes of at least 4 members (excludes halogenated alkanes) is 6. The minimum Gasteiger partial charge on any atom is -0.271 e. The molecule has 0 aromatic rings. The first-order valence-corrected chi connectivity index (χ1v) is 8.74. The van der Waals surface area contributed by atoms with E-state index in [9.17, 15) is 0 Å². The number of rotatable bonds is 10. The normalized spacial score (nSPS) is 25.4. The molecule has 0 saturated heterocycles. The molecule has 0 aliphatic heterocycles. The largest absolute Gasteiger partial charge is 0.271 e. The average Bonchev–Trinajstić information content (AvgIpc) is 2.43. The predicted molar refractivity (Wildman–Crippen MR) is 84.8 cm³/mol. The molecule has 1 rings (SSSR count). The molecule has 114 valence electrons. The third-order valence-electron chi connectivity index (χ3n) is 4.96. The second-order valence-corrected chi connectivity index (χ2v) is 6.70. The van der Waals surface area contributed by atoms with Crippen LogP contribution in [0.2, 0.25) is 0 Å². The summed E-state index contributed by atoms with van der Waals surface area (Å²) in [6.07, 6.45) is 16.6. The fraction of sp³-hybridized carbons (Fsp3) is 1.00. The summed E-state index contributed by atoms with van der Waals surface area (Å²) in [7, 11) is 0. The zero-order valence-corrected chi connectivity index (χ0v) is 13.3. The van der Waals surface area contributed by atoms with Crippen LogP contribution in [0.1, 0.15) is 90.9 Å². The van der Waals surface area contributed by atoms with E-state index < -0.39 is 0 Å². The molecule has 19 heavy (non-hydrogen) atoms. The predicted octanol–water partition coefficient (Wildman–Crippen LogP) is 4.79. The van der Waals surface area contributed by atoms with Gasteiger partial charge in [-0.05, 0) is 31.1 Å². The number of hydrogen-bond donors (Lipinski definition) is 2. The lowest BCUT2D eigenvalue weighted by Gasteiger charge is -2.32. The summed E-state index contributed by atoms with van der Waals surface area (Å²) in [4.78, 5) is 0. The van der Waals surface area contributed by atoms with Gasteiger partial charge < -0.3 is 0 Å². The van der Waals surface area contributed by atoms with Gasteiger partial charge in [0.1, 0.15) is 0 Å². The van der Waals surface area contributed by atoms with Gasteiger partial charge in [0.2, 0.25) is 0 Å². The molecule has 0 bridgehead atoms. The third kappa shape index (κ3) is 7.31. The summed E-state index contributed by atoms with van der Waals surface area (Å²) in [5.41, 5.74) is 3.10. The van der Waals surface area contributed by atoms with E-state index in [1.165, 1.54) is 77.0 Å². The van der Waals surface area contributed by atoms with Crippen molar-refractivity contribution in [3.05, 3.63) is 0 Å². The molecule has 0 aromatic heterocycles. The van der Waals surface area contributed by atoms with E-state index in [1.54, 1.807) is 0 Å². The van der Waals surface area contributed by atoms with Crippen molar-refractivity contribution in [2.75, 3.05) is 0 Å². The van der Waals surface area contributed by atoms with Crippen LogP contribution in [0, 0.1) is 11.8 Å². The van der Waals surface area contributed by atoms with Crippen LogP contribution in [-0.2, 0) is 0 Å². The zero-order valence-electron chi connectivity index (χ0n) is 13.3. The van der Waals surface area contributed by atoms with E-state index in [-0.39, 0.29) is 0 Å². The van der Waals surface area contributed by atoms with E-state index in [1.807, 2.05) is 0 Å². The smallest absolute Gasteiger partial charge is 0.0238 e. The lowest BCUT2D eigenvalue weighted by molar-refractivity contribution is 0.220. The maximum atomic E-state index is 5.77. The van der Waals surface area contributed by atoms with Gasteiger partial charge in [0, 0.05) is 6.04 Å².